The average Bonchev–Trinajstić information content (AvgIpc) is 2.89. The van der Waals surface area contributed by atoms with Crippen LogP contribution in [0, 0.1) is 0 Å². The van der Waals surface area contributed by atoms with E-state index in [2.05, 4.69) is 10.6 Å². The Labute approximate surface area is 177 Å². The molecular formula is C21H26BClN2O4. The summed E-state index contributed by atoms with van der Waals surface area (Å²) in [7, 11) is -0.399. The number of nitrogens with one attached hydrogen (secondary N) is 2. The van der Waals surface area contributed by atoms with Crippen LogP contribution in [0.1, 0.15) is 27.7 Å². The number of carbonyl (C=O) groups is 1. The van der Waals surface area contributed by atoms with Crippen LogP contribution in [0.4, 0.5) is 10.5 Å². The van der Waals surface area contributed by atoms with Gasteiger partial charge in [-0.1, -0.05) is 35.9 Å². The number of halogens is 1. The van der Waals surface area contributed by atoms with Crippen LogP contribution in [0.3, 0.4) is 0 Å². The normalized spacial score (nSPS) is 17.1. The summed E-state index contributed by atoms with van der Waals surface area (Å²) < 4.78 is 17.8. The summed E-state index contributed by atoms with van der Waals surface area (Å²) in [5, 5.41) is 5.91. The zero-order valence-corrected chi connectivity index (χ0v) is 17.9. The van der Waals surface area contributed by atoms with Gasteiger partial charge in [0.25, 0.3) is 0 Å². The van der Waals surface area contributed by atoms with Gasteiger partial charge in [0.2, 0.25) is 0 Å². The predicted octanol–water partition coefficient (Wildman–Crippen LogP) is 3.84. The molecule has 29 heavy (non-hydrogen) atoms. The molecule has 154 valence electrons. The van der Waals surface area contributed by atoms with Crippen LogP contribution in [-0.2, 0) is 9.31 Å². The Morgan fingerprint density at radius 2 is 1.66 bits per heavy atom. The smallest absolute Gasteiger partial charge is 0.492 e. The summed E-state index contributed by atoms with van der Waals surface area (Å²) in [5.74, 6) is 0.707. The fraction of sp³-hybridized carbons (Fsp3) is 0.381. The van der Waals surface area contributed by atoms with Gasteiger partial charge in [-0.3, -0.25) is 0 Å². The highest BCUT2D eigenvalue weighted by atomic mass is 35.5. The van der Waals surface area contributed by atoms with E-state index < -0.39 is 7.12 Å². The van der Waals surface area contributed by atoms with Crippen LogP contribution in [0.15, 0.2) is 48.5 Å². The minimum Gasteiger partial charge on any atom is -0.492 e. The minimum absolute atomic E-state index is 0.335. The first-order chi connectivity index (χ1) is 13.7. The molecular weight excluding hydrogens is 391 g/mol. The lowest BCUT2D eigenvalue weighted by Gasteiger charge is -2.32. The van der Waals surface area contributed by atoms with Gasteiger partial charge in [0.15, 0.2) is 0 Å². The number of urea groups is 1. The number of anilines is 1. The quantitative estimate of drug-likeness (QED) is 0.554. The first-order valence-corrected chi connectivity index (χ1v) is 9.93. The summed E-state index contributed by atoms with van der Waals surface area (Å²) in [5.41, 5.74) is 0.755. The molecule has 1 aliphatic heterocycles. The molecule has 0 unspecified atom stereocenters. The van der Waals surface area contributed by atoms with Crippen molar-refractivity contribution in [2.45, 2.75) is 38.9 Å². The second-order valence-electron chi connectivity index (χ2n) is 7.87. The molecule has 1 aliphatic rings. The molecule has 2 amide bonds. The first kappa shape index (κ1) is 21.5. The fourth-order valence-corrected chi connectivity index (χ4v) is 2.95. The molecule has 0 radical (unpaired) electrons. The predicted molar refractivity (Wildman–Crippen MR) is 116 cm³/mol. The molecule has 2 aromatic carbocycles. The molecule has 0 bridgehead atoms. The van der Waals surface area contributed by atoms with Crippen LogP contribution in [-0.4, -0.2) is 37.5 Å². The molecule has 2 aromatic rings. The maximum absolute atomic E-state index is 11.9. The number of para-hydroxylation sites is 1. The van der Waals surface area contributed by atoms with Gasteiger partial charge >= 0.3 is 13.1 Å². The van der Waals surface area contributed by atoms with E-state index in [1.54, 1.807) is 24.3 Å². The molecule has 0 saturated carbocycles. The van der Waals surface area contributed by atoms with Crippen LogP contribution in [0.5, 0.6) is 5.75 Å². The summed E-state index contributed by atoms with van der Waals surface area (Å²) in [6.45, 7) is 8.80. The first-order valence-electron chi connectivity index (χ1n) is 9.56. The van der Waals surface area contributed by atoms with Crippen molar-refractivity contribution in [3.05, 3.63) is 53.6 Å². The summed E-state index contributed by atoms with van der Waals surface area (Å²) in [4.78, 5) is 11.9. The standard InChI is InChI=1S/C21H26BClN2O4/c1-20(2)21(3,4)29-22(28-20)15-9-11-16(12-10-15)27-14-13-24-19(26)25-18-8-6-5-7-17(18)23/h5-12H,13-14H2,1-4H3,(H2,24,25,26). The Morgan fingerprint density at radius 1 is 1.03 bits per heavy atom. The minimum atomic E-state index is -0.399. The average molecular weight is 417 g/mol. The van der Waals surface area contributed by atoms with Gasteiger partial charge < -0.3 is 24.7 Å². The van der Waals surface area contributed by atoms with E-state index in [1.807, 2.05) is 52.0 Å². The zero-order valence-electron chi connectivity index (χ0n) is 17.1. The van der Waals surface area contributed by atoms with E-state index in [-0.39, 0.29) is 17.2 Å². The highest BCUT2D eigenvalue weighted by Crippen LogP contribution is 2.36. The number of carbonyl (C=O) groups excluding carboxylic acids is 1. The van der Waals surface area contributed by atoms with E-state index in [0.717, 1.165) is 5.46 Å². The van der Waals surface area contributed by atoms with E-state index in [9.17, 15) is 4.79 Å². The fourth-order valence-electron chi connectivity index (χ4n) is 2.76. The van der Waals surface area contributed by atoms with Crippen LogP contribution in [0.25, 0.3) is 0 Å². The molecule has 1 saturated heterocycles. The number of hydrogen-bond donors (Lipinski definition) is 2. The van der Waals surface area contributed by atoms with Crippen LogP contribution in [0.2, 0.25) is 5.02 Å². The van der Waals surface area contributed by atoms with Crippen LogP contribution >= 0.6 is 11.6 Å². The van der Waals surface area contributed by atoms with E-state index in [1.165, 1.54) is 0 Å². The highest BCUT2D eigenvalue weighted by molar-refractivity contribution is 6.62. The number of hydrogen-bond acceptors (Lipinski definition) is 4. The second-order valence-corrected chi connectivity index (χ2v) is 8.27. The van der Waals surface area contributed by atoms with Gasteiger partial charge in [0.1, 0.15) is 12.4 Å². The van der Waals surface area contributed by atoms with Crippen molar-refractivity contribution in [2.75, 3.05) is 18.5 Å². The van der Waals surface area contributed by atoms with Gasteiger partial charge in [-0.15, -0.1) is 0 Å². The third-order valence-corrected chi connectivity index (χ3v) is 5.51. The second kappa shape index (κ2) is 8.65. The lowest BCUT2D eigenvalue weighted by molar-refractivity contribution is 0.00578. The Balaban J connectivity index is 1.43. The topological polar surface area (TPSA) is 68.8 Å². The van der Waals surface area contributed by atoms with Gasteiger partial charge in [0.05, 0.1) is 28.5 Å². The number of amides is 2. The van der Waals surface area contributed by atoms with E-state index in [0.29, 0.717) is 29.6 Å². The molecule has 0 spiro atoms. The maximum atomic E-state index is 11.9. The van der Waals surface area contributed by atoms with Gasteiger partial charge in [-0.2, -0.15) is 0 Å². The monoisotopic (exact) mass is 416 g/mol. The van der Waals surface area contributed by atoms with Crippen molar-refractivity contribution in [2.24, 2.45) is 0 Å². The molecule has 0 aromatic heterocycles. The molecule has 1 fully saturated rings. The Morgan fingerprint density at radius 3 is 2.28 bits per heavy atom. The third kappa shape index (κ3) is 5.24. The van der Waals surface area contributed by atoms with Gasteiger partial charge in [-0.05, 0) is 57.4 Å². The summed E-state index contributed by atoms with van der Waals surface area (Å²) in [6.07, 6.45) is 0. The van der Waals surface area contributed by atoms with Crippen molar-refractivity contribution < 1.29 is 18.8 Å². The third-order valence-electron chi connectivity index (χ3n) is 5.18. The molecule has 0 atom stereocenters. The van der Waals surface area contributed by atoms with Gasteiger partial charge in [0, 0.05) is 0 Å². The molecule has 8 heteroatoms. The van der Waals surface area contributed by atoms with Crippen LogP contribution < -0.4 is 20.8 Å². The summed E-state index contributed by atoms with van der Waals surface area (Å²) >= 11 is 6.02. The molecule has 0 aliphatic carbocycles. The lowest BCUT2D eigenvalue weighted by atomic mass is 9.79. The van der Waals surface area contributed by atoms with Gasteiger partial charge in [-0.25, -0.2) is 4.79 Å². The Hall–Kier alpha value is -2.22. The Bertz CT molecular complexity index is 842. The SMILES string of the molecule is CC1(C)OB(c2ccc(OCCNC(=O)Nc3ccccc3Cl)cc2)OC1(C)C. The molecule has 6 nitrogen and oxygen atoms in total. The van der Waals surface area contributed by atoms with Crippen molar-refractivity contribution in [3.63, 3.8) is 0 Å². The van der Waals surface area contributed by atoms with Crippen molar-refractivity contribution >= 4 is 35.9 Å². The highest BCUT2D eigenvalue weighted by Gasteiger charge is 2.51. The maximum Gasteiger partial charge on any atom is 0.494 e. The van der Waals surface area contributed by atoms with E-state index in [4.69, 9.17) is 25.6 Å². The molecule has 1 heterocycles. The number of rotatable bonds is 6. The number of ether oxygens (including phenoxy) is 1. The molecule has 2 N–H and O–H groups in total. The van der Waals surface area contributed by atoms with E-state index >= 15 is 0 Å². The summed E-state index contributed by atoms with van der Waals surface area (Å²) in [6, 6.07) is 14.3. The van der Waals surface area contributed by atoms with Crippen molar-refractivity contribution in [1.82, 2.24) is 5.32 Å². The lowest BCUT2D eigenvalue weighted by Crippen LogP contribution is -2.41. The zero-order chi connectivity index (χ0) is 21.1. The molecule has 3 rings (SSSR count). The number of benzene rings is 2. The van der Waals surface area contributed by atoms with Crippen molar-refractivity contribution in [3.8, 4) is 5.75 Å². The largest absolute Gasteiger partial charge is 0.494 e. The van der Waals surface area contributed by atoms with Crippen molar-refractivity contribution in [1.29, 1.82) is 0 Å². The Kier molecular flexibility index (Phi) is 6.41.